The third kappa shape index (κ3) is 2.75. The van der Waals surface area contributed by atoms with Gasteiger partial charge in [-0.05, 0) is 24.6 Å². The van der Waals surface area contributed by atoms with Crippen LogP contribution in [0.2, 0.25) is 0 Å². The van der Waals surface area contributed by atoms with Crippen molar-refractivity contribution in [3.8, 4) is 6.07 Å². The predicted molar refractivity (Wildman–Crippen MR) is 49.9 cm³/mol. The number of halogens is 1. The largest absolute Gasteiger partial charge is 0.384 e. The molecule has 0 saturated carbocycles. The summed E-state index contributed by atoms with van der Waals surface area (Å²) in [5, 5.41) is 11.3. The molecule has 0 amide bonds. The first-order valence-electron chi connectivity index (χ1n) is 4.11. The lowest BCUT2D eigenvalue weighted by molar-refractivity contribution is 0.628. The fourth-order valence-corrected chi connectivity index (χ4v) is 1.04. The summed E-state index contributed by atoms with van der Waals surface area (Å²) in [6.07, 6.45) is 0.427. The monoisotopic (exact) mass is 178 g/mol. The molecule has 0 aliphatic rings. The van der Waals surface area contributed by atoms with Crippen molar-refractivity contribution in [2.24, 2.45) is 0 Å². The molecule has 0 bridgehead atoms. The molecule has 0 saturated heterocycles. The van der Waals surface area contributed by atoms with Gasteiger partial charge in [0.1, 0.15) is 5.82 Å². The van der Waals surface area contributed by atoms with E-state index in [2.05, 4.69) is 5.32 Å². The van der Waals surface area contributed by atoms with Crippen molar-refractivity contribution in [2.75, 3.05) is 11.9 Å². The average molecular weight is 178 g/mol. The first-order chi connectivity index (χ1) is 6.24. The highest BCUT2D eigenvalue weighted by molar-refractivity contribution is 5.50. The van der Waals surface area contributed by atoms with Crippen molar-refractivity contribution in [3.63, 3.8) is 0 Å². The summed E-state index contributed by atoms with van der Waals surface area (Å²) in [5.74, 6) is -0.259. The minimum atomic E-state index is -0.259. The second-order valence-corrected chi connectivity index (χ2v) is 2.79. The van der Waals surface area contributed by atoms with Gasteiger partial charge in [-0.1, -0.05) is 6.07 Å². The van der Waals surface area contributed by atoms with Crippen LogP contribution in [0.4, 0.5) is 10.1 Å². The number of anilines is 1. The van der Waals surface area contributed by atoms with E-state index < -0.39 is 0 Å². The second-order valence-electron chi connectivity index (χ2n) is 2.79. The fraction of sp³-hybridized carbons (Fsp3) is 0.300. The van der Waals surface area contributed by atoms with E-state index in [9.17, 15) is 4.39 Å². The van der Waals surface area contributed by atoms with Crippen LogP contribution in [0.1, 0.15) is 12.0 Å². The van der Waals surface area contributed by atoms with Crippen LogP contribution in [0.5, 0.6) is 0 Å². The molecule has 0 spiro atoms. The van der Waals surface area contributed by atoms with Gasteiger partial charge in [0.05, 0.1) is 12.5 Å². The number of nitrogens with one attached hydrogen (secondary N) is 1. The molecule has 3 heteroatoms. The van der Waals surface area contributed by atoms with Gasteiger partial charge in [0.25, 0.3) is 0 Å². The molecule has 1 aromatic rings. The van der Waals surface area contributed by atoms with Crippen molar-refractivity contribution < 1.29 is 4.39 Å². The van der Waals surface area contributed by atoms with Gasteiger partial charge in [-0.15, -0.1) is 0 Å². The lowest BCUT2D eigenvalue weighted by Gasteiger charge is -2.07. The zero-order chi connectivity index (χ0) is 9.68. The Labute approximate surface area is 77.0 Å². The molecule has 13 heavy (non-hydrogen) atoms. The van der Waals surface area contributed by atoms with E-state index >= 15 is 0 Å². The zero-order valence-corrected chi connectivity index (χ0v) is 7.47. The van der Waals surface area contributed by atoms with E-state index in [4.69, 9.17) is 5.26 Å². The van der Waals surface area contributed by atoms with E-state index in [1.165, 1.54) is 12.1 Å². The number of hydrogen-bond acceptors (Lipinski definition) is 2. The van der Waals surface area contributed by atoms with Gasteiger partial charge < -0.3 is 5.32 Å². The van der Waals surface area contributed by atoms with Crippen molar-refractivity contribution in [3.05, 3.63) is 29.6 Å². The lowest BCUT2D eigenvalue weighted by Crippen LogP contribution is -2.02. The van der Waals surface area contributed by atoms with Crippen LogP contribution in [0.25, 0.3) is 0 Å². The number of benzene rings is 1. The van der Waals surface area contributed by atoms with Crippen LogP contribution < -0.4 is 5.32 Å². The summed E-state index contributed by atoms with van der Waals surface area (Å²) in [5.41, 5.74) is 1.74. The van der Waals surface area contributed by atoms with Crippen molar-refractivity contribution >= 4 is 5.69 Å². The molecule has 2 nitrogen and oxygen atoms in total. The molecule has 0 aliphatic heterocycles. The van der Waals surface area contributed by atoms with Crippen molar-refractivity contribution in [1.29, 1.82) is 5.26 Å². The topological polar surface area (TPSA) is 35.8 Å². The van der Waals surface area contributed by atoms with Crippen LogP contribution in [0, 0.1) is 24.1 Å². The van der Waals surface area contributed by atoms with Crippen molar-refractivity contribution in [2.45, 2.75) is 13.3 Å². The molecular weight excluding hydrogens is 167 g/mol. The molecule has 68 valence electrons. The molecule has 0 aliphatic carbocycles. The molecule has 0 aromatic heterocycles. The summed E-state index contributed by atoms with van der Waals surface area (Å²) < 4.78 is 12.8. The SMILES string of the molecule is Cc1ccc(F)cc1NCCC#N. The third-order valence-corrected chi connectivity index (χ3v) is 1.75. The molecule has 0 unspecified atom stereocenters. The van der Waals surface area contributed by atoms with Gasteiger partial charge in [0.15, 0.2) is 0 Å². The Bertz CT molecular complexity index is 328. The number of nitriles is 1. The summed E-state index contributed by atoms with van der Waals surface area (Å²) in [4.78, 5) is 0. The van der Waals surface area contributed by atoms with Gasteiger partial charge >= 0.3 is 0 Å². The Hall–Kier alpha value is -1.56. The van der Waals surface area contributed by atoms with Crippen LogP contribution in [-0.2, 0) is 0 Å². The minimum absolute atomic E-state index is 0.259. The quantitative estimate of drug-likeness (QED) is 0.721. The van der Waals surface area contributed by atoms with Gasteiger partial charge in [-0.2, -0.15) is 5.26 Å². The normalized spacial score (nSPS) is 9.31. The van der Waals surface area contributed by atoms with E-state index in [-0.39, 0.29) is 5.82 Å². The summed E-state index contributed by atoms with van der Waals surface area (Å²) >= 11 is 0. The molecule has 0 heterocycles. The summed E-state index contributed by atoms with van der Waals surface area (Å²) in [7, 11) is 0. The Morgan fingerprint density at radius 2 is 2.31 bits per heavy atom. The number of rotatable bonds is 3. The van der Waals surface area contributed by atoms with Crippen LogP contribution >= 0.6 is 0 Å². The third-order valence-electron chi connectivity index (χ3n) is 1.75. The Balaban J connectivity index is 2.65. The maximum Gasteiger partial charge on any atom is 0.125 e. The number of hydrogen-bond donors (Lipinski definition) is 1. The molecule has 1 rings (SSSR count). The average Bonchev–Trinajstić information content (AvgIpc) is 2.11. The van der Waals surface area contributed by atoms with Gasteiger partial charge in [0, 0.05) is 12.2 Å². The van der Waals surface area contributed by atoms with Gasteiger partial charge in [-0.25, -0.2) is 4.39 Å². The standard InChI is InChI=1S/C10H11FN2/c1-8-3-4-9(11)7-10(8)13-6-2-5-12/h3-4,7,13H,2,6H2,1H3. The molecular formula is C10H11FN2. The van der Waals surface area contributed by atoms with Crippen molar-refractivity contribution in [1.82, 2.24) is 0 Å². The highest BCUT2D eigenvalue weighted by Gasteiger charge is 1.98. The predicted octanol–water partition coefficient (Wildman–Crippen LogP) is 2.46. The Morgan fingerprint density at radius 3 is 3.00 bits per heavy atom. The Morgan fingerprint density at radius 1 is 1.54 bits per heavy atom. The highest BCUT2D eigenvalue weighted by atomic mass is 19.1. The van der Waals surface area contributed by atoms with Crippen LogP contribution in [-0.4, -0.2) is 6.54 Å². The smallest absolute Gasteiger partial charge is 0.125 e. The highest BCUT2D eigenvalue weighted by Crippen LogP contribution is 2.15. The first kappa shape index (κ1) is 9.53. The molecule has 0 atom stereocenters. The molecule has 1 aromatic carbocycles. The maximum atomic E-state index is 12.8. The van der Waals surface area contributed by atoms with E-state index in [1.807, 2.05) is 13.0 Å². The fourth-order valence-electron chi connectivity index (χ4n) is 1.04. The van der Waals surface area contributed by atoms with Crippen LogP contribution in [0.3, 0.4) is 0 Å². The van der Waals surface area contributed by atoms with Gasteiger partial charge in [-0.3, -0.25) is 0 Å². The molecule has 0 fully saturated rings. The van der Waals surface area contributed by atoms with E-state index in [0.29, 0.717) is 13.0 Å². The van der Waals surface area contributed by atoms with Crippen LogP contribution in [0.15, 0.2) is 18.2 Å². The van der Waals surface area contributed by atoms with E-state index in [1.54, 1.807) is 6.07 Å². The lowest BCUT2D eigenvalue weighted by atomic mass is 10.2. The summed E-state index contributed by atoms with van der Waals surface area (Å²) in [6, 6.07) is 6.59. The second kappa shape index (κ2) is 4.46. The molecule has 1 N–H and O–H groups in total. The van der Waals surface area contributed by atoms with E-state index in [0.717, 1.165) is 11.3 Å². The zero-order valence-electron chi connectivity index (χ0n) is 7.47. The van der Waals surface area contributed by atoms with Gasteiger partial charge in [0.2, 0.25) is 0 Å². The molecule has 0 radical (unpaired) electrons. The number of aryl methyl sites for hydroxylation is 1. The Kier molecular flexibility index (Phi) is 3.27. The first-order valence-corrected chi connectivity index (χ1v) is 4.11. The number of nitrogens with zero attached hydrogens (tertiary/aromatic N) is 1. The minimum Gasteiger partial charge on any atom is -0.384 e. The maximum absolute atomic E-state index is 12.8. The summed E-state index contributed by atoms with van der Waals surface area (Å²) in [6.45, 7) is 2.45.